The van der Waals surface area contributed by atoms with E-state index >= 15 is 0 Å². The lowest BCUT2D eigenvalue weighted by Gasteiger charge is -2.49. The minimum Gasteiger partial charge on any atom is -0.466 e. The van der Waals surface area contributed by atoms with Gasteiger partial charge in [-0.1, -0.05) is 29.8 Å². The van der Waals surface area contributed by atoms with E-state index in [2.05, 4.69) is 0 Å². The molecule has 2 aliphatic heterocycles. The number of benzene rings is 2. The van der Waals surface area contributed by atoms with Crippen LogP contribution in [-0.4, -0.2) is 60.9 Å². The standard InChI is InChI=1S/C26H26ClN3O5/c1-25(2,3)30-22(31)19(23(32)34-5)20(24(33)35-6)26(30)21(28-16-13-11-15(27)12-14-16)17-9-7-8-10-18(17)29(26)4/h7-14H,1-6H3. The van der Waals surface area contributed by atoms with Crippen LogP contribution in [-0.2, 0) is 23.9 Å². The maximum Gasteiger partial charge on any atom is 0.344 e. The van der Waals surface area contributed by atoms with Gasteiger partial charge in [0.25, 0.3) is 5.91 Å². The lowest BCUT2D eigenvalue weighted by Crippen LogP contribution is -2.67. The molecule has 0 saturated carbocycles. The molecule has 2 aromatic carbocycles. The number of para-hydroxylation sites is 1. The third-order valence-electron chi connectivity index (χ3n) is 6.19. The number of rotatable bonds is 3. The molecule has 0 fully saturated rings. The molecule has 1 unspecified atom stereocenters. The Morgan fingerprint density at radius 3 is 2.14 bits per heavy atom. The lowest BCUT2D eigenvalue weighted by molar-refractivity contribution is -0.141. The van der Waals surface area contributed by atoms with Gasteiger partial charge < -0.3 is 19.3 Å². The Balaban J connectivity index is 2.18. The van der Waals surface area contributed by atoms with Crippen LogP contribution >= 0.6 is 11.6 Å². The molecule has 0 aliphatic carbocycles. The zero-order chi connectivity index (χ0) is 25.7. The van der Waals surface area contributed by atoms with Crippen LogP contribution in [0.3, 0.4) is 0 Å². The SMILES string of the molecule is COC(=O)C1=C(C(=O)OC)C2(C(=Nc3ccc(Cl)cc3)c3ccccc3N2C)N(C(C)(C)C)C1=O. The van der Waals surface area contributed by atoms with Gasteiger partial charge in [0.1, 0.15) is 16.9 Å². The number of ether oxygens (including phenoxy) is 2. The Hall–Kier alpha value is -3.65. The molecular formula is C26H26ClN3O5. The third kappa shape index (κ3) is 3.51. The molecule has 4 rings (SSSR count). The Bertz CT molecular complexity index is 1290. The van der Waals surface area contributed by atoms with Crippen LogP contribution in [0.15, 0.2) is 64.7 Å². The predicted molar refractivity (Wildman–Crippen MR) is 133 cm³/mol. The van der Waals surface area contributed by atoms with Crippen LogP contribution in [0.2, 0.25) is 5.02 Å². The number of carbonyl (C=O) groups is 3. The maximum atomic E-state index is 13.9. The highest BCUT2D eigenvalue weighted by molar-refractivity contribution is 6.33. The van der Waals surface area contributed by atoms with Crippen LogP contribution in [0.4, 0.5) is 11.4 Å². The maximum absolute atomic E-state index is 13.9. The second-order valence-corrected chi connectivity index (χ2v) is 9.67. The summed E-state index contributed by atoms with van der Waals surface area (Å²) in [6.07, 6.45) is 0. The summed E-state index contributed by atoms with van der Waals surface area (Å²) in [5, 5.41) is 0.545. The zero-order valence-electron chi connectivity index (χ0n) is 20.4. The molecule has 1 spiro atoms. The highest BCUT2D eigenvalue weighted by atomic mass is 35.5. The molecule has 2 heterocycles. The highest BCUT2D eigenvalue weighted by Gasteiger charge is 2.67. The minimum atomic E-state index is -1.57. The number of carbonyl (C=O) groups excluding carboxylic acids is 3. The Labute approximate surface area is 208 Å². The van der Waals surface area contributed by atoms with Crippen molar-refractivity contribution in [1.82, 2.24) is 4.90 Å². The number of aliphatic imine (C=N–C) groups is 1. The third-order valence-corrected chi connectivity index (χ3v) is 6.44. The largest absolute Gasteiger partial charge is 0.466 e. The summed E-state index contributed by atoms with van der Waals surface area (Å²) in [6.45, 7) is 5.50. The number of esters is 2. The minimum absolute atomic E-state index is 0.141. The molecule has 0 aromatic heterocycles. The van der Waals surface area contributed by atoms with E-state index in [0.29, 0.717) is 22.0 Å². The van der Waals surface area contributed by atoms with Crippen molar-refractivity contribution in [3.05, 3.63) is 70.3 Å². The van der Waals surface area contributed by atoms with Crippen molar-refractivity contribution in [3.63, 3.8) is 0 Å². The Morgan fingerprint density at radius 2 is 1.57 bits per heavy atom. The first-order valence-corrected chi connectivity index (χ1v) is 11.3. The molecule has 1 atom stereocenters. The average Bonchev–Trinajstić information content (AvgIpc) is 3.24. The number of nitrogens with zero attached hydrogens (tertiary/aromatic N) is 3. The van der Waals surface area contributed by atoms with Gasteiger partial charge in [0, 0.05) is 28.9 Å². The van der Waals surface area contributed by atoms with E-state index < -0.39 is 29.0 Å². The quantitative estimate of drug-likeness (QED) is 0.474. The molecule has 2 aliphatic rings. The summed E-state index contributed by atoms with van der Waals surface area (Å²) in [7, 11) is 4.14. The van der Waals surface area contributed by atoms with E-state index in [1.54, 1.807) is 36.2 Å². The highest BCUT2D eigenvalue weighted by Crippen LogP contribution is 2.52. The van der Waals surface area contributed by atoms with Crippen molar-refractivity contribution in [3.8, 4) is 0 Å². The smallest absolute Gasteiger partial charge is 0.344 e. The summed E-state index contributed by atoms with van der Waals surface area (Å²) in [6, 6.07) is 14.3. The van der Waals surface area contributed by atoms with Crippen LogP contribution in [0.5, 0.6) is 0 Å². The van der Waals surface area contributed by atoms with Gasteiger partial charge in [-0.3, -0.25) is 4.79 Å². The van der Waals surface area contributed by atoms with Gasteiger partial charge >= 0.3 is 11.9 Å². The monoisotopic (exact) mass is 495 g/mol. The van der Waals surface area contributed by atoms with Gasteiger partial charge in [-0.25, -0.2) is 14.6 Å². The number of halogens is 1. The van der Waals surface area contributed by atoms with E-state index in [4.69, 9.17) is 26.1 Å². The van der Waals surface area contributed by atoms with E-state index in [9.17, 15) is 14.4 Å². The van der Waals surface area contributed by atoms with Crippen LogP contribution in [0.25, 0.3) is 0 Å². The summed E-state index contributed by atoms with van der Waals surface area (Å²) >= 11 is 6.08. The van der Waals surface area contributed by atoms with E-state index in [-0.39, 0.29) is 11.1 Å². The van der Waals surface area contributed by atoms with Crippen molar-refractivity contribution < 1.29 is 23.9 Å². The summed E-state index contributed by atoms with van der Waals surface area (Å²) in [5.74, 6) is -2.39. The normalized spacial score (nSPS) is 20.7. The number of likely N-dealkylation sites (N-methyl/N-ethyl adjacent to an activating group) is 1. The van der Waals surface area contributed by atoms with Gasteiger partial charge in [-0.15, -0.1) is 0 Å². The molecule has 0 radical (unpaired) electrons. The zero-order valence-corrected chi connectivity index (χ0v) is 21.1. The first-order chi connectivity index (χ1) is 16.5. The second-order valence-electron chi connectivity index (χ2n) is 9.23. The Morgan fingerprint density at radius 1 is 0.971 bits per heavy atom. The molecule has 0 saturated heterocycles. The van der Waals surface area contributed by atoms with E-state index in [0.717, 1.165) is 5.69 Å². The summed E-state index contributed by atoms with van der Waals surface area (Å²) in [5.41, 5.74) is -0.532. The molecule has 182 valence electrons. The van der Waals surface area contributed by atoms with Crippen LogP contribution in [0, 0.1) is 0 Å². The topological polar surface area (TPSA) is 88.5 Å². The number of hydrogen-bond acceptors (Lipinski definition) is 7. The molecule has 0 N–H and O–H groups in total. The first kappa shape index (κ1) is 24.5. The second kappa shape index (κ2) is 8.53. The number of methoxy groups -OCH3 is 2. The number of anilines is 1. The van der Waals surface area contributed by atoms with Crippen molar-refractivity contribution in [2.75, 3.05) is 26.2 Å². The Kier molecular flexibility index (Phi) is 5.97. The number of hydrogen-bond donors (Lipinski definition) is 0. The average molecular weight is 496 g/mol. The number of fused-ring (bicyclic) bond motifs is 1. The molecule has 1 amide bonds. The molecule has 2 aromatic rings. The van der Waals surface area contributed by atoms with Gasteiger partial charge in [-0.2, -0.15) is 0 Å². The van der Waals surface area contributed by atoms with Crippen molar-refractivity contribution in [2.24, 2.45) is 4.99 Å². The lowest BCUT2D eigenvalue weighted by atomic mass is 9.88. The van der Waals surface area contributed by atoms with Crippen molar-refractivity contribution >= 4 is 46.5 Å². The first-order valence-electron chi connectivity index (χ1n) is 10.9. The fourth-order valence-corrected chi connectivity index (χ4v) is 5.02. The van der Waals surface area contributed by atoms with E-state index in [1.807, 2.05) is 45.0 Å². The molecular weight excluding hydrogens is 470 g/mol. The van der Waals surface area contributed by atoms with Gasteiger partial charge in [0.2, 0.25) is 0 Å². The van der Waals surface area contributed by atoms with Crippen LogP contribution in [0.1, 0.15) is 26.3 Å². The van der Waals surface area contributed by atoms with Gasteiger partial charge in [-0.05, 0) is 51.1 Å². The van der Waals surface area contributed by atoms with Gasteiger partial charge in [0.05, 0.1) is 19.9 Å². The summed E-state index contributed by atoms with van der Waals surface area (Å²) < 4.78 is 10.1. The predicted octanol–water partition coefficient (Wildman–Crippen LogP) is 3.89. The fourth-order valence-electron chi connectivity index (χ4n) is 4.89. The van der Waals surface area contributed by atoms with E-state index in [1.165, 1.54) is 19.1 Å². The molecule has 9 heteroatoms. The van der Waals surface area contributed by atoms with Crippen molar-refractivity contribution in [1.29, 1.82) is 0 Å². The van der Waals surface area contributed by atoms with Crippen LogP contribution < -0.4 is 4.90 Å². The molecule has 0 bridgehead atoms. The van der Waals surface area contributed by atoms with Crippen molar-refractivity contribution in [2.45, 2.75) is 32.0 Å². The molecule has 35 heavy (non-hydrogen) atoms. The molecule has 8 nitrogen and oxygen atoms in total. The van der Waals surface area contributed by atoms with Gasteiger partial charge in [0.15, 0.2) is 5.66 Å². The fraction of sp³-hybridized carbons (Fsp3) is 0.308. The summed E-state index contributed by atoms with van der Waals surface area (Å²) in [4.78, 5) is 48.5. The number of amides is 1.